The fourth-order valence-electron chi connectivity index (χ4n) is 2.65. The molecule has 1 atom stereocenters. The van der Waals surface area contributed by atoms with Crippen molar-refractivity contribution in [3.8, 4) is 0 Å². The van der Waals surface area contributed by atoms with Gasteiger partial charge in [0.1, 0.15) is 10.5 Å². The molecule has 1 aliphatic rings. The van der Waals surface area contributed by atoms with E-state index in [2.05, 4.69) is 15.5 Å². The van der Waals surface area contributed by atoms with E-state index >= 15 is 0 Å². The van der Waals surface area contributed by atoms with Gasteiger partial charge in [0.15, 0.2) is 4.34 Å². The lowest BCUT2D eigenvalue weighted by Gasteiger charge is -2.25. The fraction of sp³-hybridized carbons (Fsp3) is 0.333. The van der Waals surface area contributed by atoms with Crippen molar-refractivity contribution in [3.63, 3.8) is 0 Å². The molecule has 0 spiro atoms. The lowest BCUT2D eigenvalue weighted by atomic mass is 9.87. The predicted molar refractivity (Wildman–Crippen MR) is 89.2 cm³/mol. The number of benzene rings is 1. The molecule has 2 aromatic rings. The number of hydrogen-bond donors (Lipinski definition) is 1. The molecular weight excluding hydrogens is 332 g/mol. The van der Waals surface area contributed by atoms with Gasteiger partial charge in [0.2, 0.25) is 0 Å². The number of nitrogens with one attached hydrogen (secondary N) is 1. The number of carbonyl (C=O) groups excluding carboxylic acids is 2. The summed E-state index contributed by atoms with van der Waals surface area (Å²) in [6, 6.07) is 8.96. The molecule has 1 aromatic heterocycles. The number of carbonyl (C=O) groups is 2. The zero-order valence-electron chi connectivity index (χ0n) is 12.8. The number of rotatable bonds is 5. The molecule has 0 bridgehead atoms. The van der Waals surface area contributed by atoms with Crippen LogP contribution < -0.4 is 5.32 Å². The van der Waals surface area contributed by atoms with E-state index in [-0.39, 0.29) is 18.5 Å². The summed E-state index contributed by atoms with van der Waals surface area (Å²) in [5, 5.41) is 11.6. The molecular formula is C15H16N4O2S2. The first kappa shape index (κ1) is 15.9. The molecule has 8 heteroatoms. The van der Waals surface area contributed by atoms with Crippen LogP contribution in [0, 0.1) is 0 Å². The van der Waals surface area contributed by atoms with E-state index in [4.69, 9.17) is 0 Å². The molecule has 1 N–H and O–H groups in total. The van der Waals surface area contributed by atoms with Crippen LogP contribution in [-0.2, 0) is 16.9 Å². The molecule has 0 saturated carbocycles. The van der Waals surface area contributed by atoms with Gasteiger partial charge in [0.05, 0.1) is 6.54 Å². The van der Waals surface area contributed by atoms with E-state index in [9.17, 15) is 9.59 Å². The minimum Gasteiger partial charge on any atom is -0.319 e. The third-order valence-corrected chi connectivity index (χ3v) is 5.77. The summed E-state index contributed by atoms with van der Waals surface area (Å²) in [5.41, 5.74) is -0.198. The molecule has 3 amide bonds. The van der Waals surface area contributed by atoms with E-state index in [1.54, 1.807) is 0 Å². The standard InChI is InChI=1S/C15H16N4O2S2/c1-3-15(10-7-5-4-6-8-10)12(20)19(13(21)16-15)9-11-17-18-14(22-2)23-11/h4-8H,3,9H2,1-2H3,(H,16,21)/t15-/m1/s1. The molecule has 6 nitrogen and oxygen atoms in total. The Morgan fingerprint density at radius 2 is 2.00 bits per heavy atom. The van der Waals surface area contributed by atoms with E-state index in [1.807, 2.05) is 43.5 Å². The van der Waals surface area contributed by atoms with Crippen LogP contribution in [-0.4, -0.2) is 33.3 Å². The van der Waals surface area contributed by atoms with Crippen LogP contribution in [0.4, 0.5) is 4.79 Å². The number of urea groups is 1. The summed E-state index contributed by atoms with van der Waals surface area (Å²) < 4.78 is 0.817. The Balaban J connectivity index is 1.89. The van der Waals surface area contributed by atoms with Crippen LogP contribution in [0.15, 0.2) is 34.7 Å². The van der Waals surface area contributed by atoms with Crippen molar-refractivity contribution in [1.29, 1.82) is 0 Å². The third kappa shape index (κ3) is 2.72. The van der Waals surface area contributed by atoms with Crippen molar-refractivity contribution in [2.24, 2.45) is 0 Å². The van der Waals surface area contributed by atoms with Gasteiger partial charge in [0.25, 0.3) is 5.91 Å². The maximum absolute atomic E-state index is 12.9. The van der Waals surface area contributed by atoms with Crippen molar-refractivity contribution in [3.05, 3.63) is 40.9 Å². The zero-order valence-corrected chi connectivity index (χ0v) is 14.4. The summed E-state index contributed by atoms with van der Waals surface area (Å²) >= 11 is 2.89. The van der Waals surface area contributed by atoms with E-state index in [0.717, 1.165) is 9.90 Å². The van der Waals surface area contributed by atoms with Crippen molar-refractivity contribution in [1.82, 2.24) is 20.4 Å². The first-order valence-corrected chi connectivity index (χ1v) is 9.21. The first-order chi connectivity index (χ1) is 11.1. The van der Waals surface area contributed by atoms with Gasteiger partial charge in [-0.05, 0) is 18.2 Å². The molecule has 0 unspecified atom stereocenters. The smallest absolute Gasteiger partial charge is 0.319 e. The number of aromatic nitrogens is 2. The molecule has 3 rings (SSSR count). The van der Waals surface area contributed by atoms with Gasteiger partial charge in [-0.15, -0.1) is 10.2 Å². The number of hydrogen-bond acceptors (Lipinski definition) is 6. The van der Waals surface area contributed by atoms with Gasteiger partial charge in [-0.1, -0.05) is 60.4 Å². The maximum Gasteiger partial charge on any atom is 0.325 e. The highest BCUT2D eigenvalue weighted by molar-refractivity contribution is 8.00. The highest BCUT2D eigenvalue weighted by Crippen LogP contribution is 2.33. The average Bonchev–Trinajstić information content (AvgIpc) is 3.14. The van der Waals surface area contributed by atoms with Crippen LogP contribution in [0.25, 0.3) is 0 Å². The molecule has 1 aliphatic heterocycles. The number of imide groups is 1. The second kappa shape index (κ2) is 6.29. The van der Waals surface area contributed by atoms with Gasteiger partial charge < -0.3 is 5.32 Å². The molecule has 0 radical (unpaired) electrons. The second-order valence-corrected chi connectivity index (χ2v) is 7.23. The van der Waals surface area contributed by atoms with E-state index in [0.29, 0.717) is 11.4 Å². The topological polar surface area (TPSA) is 75.2 Å². The van der Waals surface area contributed by atoms with Crippen molar-refractivity contribution < 1.29 is 9.59 Å². The Kier molecular flexibility index (Phi) is 4.36. The molecule has 1 saturated heterocycles. The van der Waals surface area contributed by atoms with Crippen LogP contribution in [0.2, 0.25) is 0 Å². The Hall–Kier alpha value is -1.93. The lowest BCUT2D eigenvalue weighted by Crippen LogP contribution is -2.43. The third-order valence-electron chi connectivity index (χ3n) is 3.89. The lowest BCUT2D eigenvalue weighted by molar-refractivity contribution is -0.132. The molecule has 2 heterocycles. The van der Waals surface area contributed by atoms with Crippen molar-refractivity contribution in [2.75, 3.05) is 6.26 Å². The van der Waals surface area contributed by atoms with Crippen LogP contribution in [0.5, 0.6) is 0 Å². The van der Waals surface area contributed by atoms with Gasteiger partial charge in [-0.25, -0.2) is 4.79 Å². The van der Waals surface area contributed by atoms with E-state index < -0.39 is 5.54 Å². The summed E-state index contributed by atoms with van der Waals surface area (Å²) in [6.45, 7) is 2.04. The van der Waals surface area contributed by atoms with E-state index in [1.165, 1.54) is 28.0 Å². The SMILES string of the molecule is CC[C@]1(c2ccccc2)NC(=O)N(Cc2nnc(SC)s2)C1=O. The minimum atomic E-state index is -0.995. The van der Waals surface area contributed by atoms with Crippen LogP contribution in [0.3, 0.4) is 0 Å². The monoisotopic (exact) mass is 348 g/mol. The normalized spacial score (nSPS) is 20.9. The Morgan fingerprint density at radius 1 is 1.26 bits per heavy atom. The van der Waals surface area contributed by atoms with Crippen LogP contribution >= 0.6 is 23.1 Å². The average molecular weight is 348 g/mol. The summed E-state index contributed by atoms with van der Waals surface area (Å²) in [7, 11) is 0. The quantitative estimate of drug-likeness (QED) is 0.664. The zero-order chi connectivity index (χ0) is 16.4. The highest BCUT2D eigenvalue weighted by atomic mass is 32.2. The summed E-state index contributed by atoms with van der Waals surface area (Å²) in [5.74, 6) is -0.239. The molecule has 1 aromatic carbocycles. The van der Waals surface area contributed by atoms with Gasteiger partial charge >= 0.3 is 6.03 Å². The Morgan fingerprint density at radius 3 is 2.61 bits per heavy atom. The van der Waals surface area contributed by atoms with Gasteiger partial charge in [0, 0.05) is 0 Å². The maximum atomic E-state index is 12.9. The molecule has 1 fully saturated rings. The number of thioether (sulfide) groups is 1. The summed E-state index contributed by atoms with van der Waals surface area (Å²) in [4.78, 5) is 26.5. The molecule has 120 valence electrons. The van der Waals surface area contributed by atoms with Crippen LogP contribution in [0.1, 0.15) is 23.9 Å². The molecule has 23 heavy (non-hydrogen) atoms. The predicted octanol–water partition coefficient (Wildman–Crippen LogP) is 2.62. The number of amides is 3. The molecule has 0 aliphatic carbocycles. The summed E-state index contributed by atoms with van der Waals surface area (Å²) in [6.07, 6.45) is 2.40. The van der Waals surface area contributed by atoms with Crippen molar-refractivity contribution >= 4 is 35.0 Å². The number of nitrogens with zero attached hydrogens (tertiary/aromatic N) is 3. The van der Waals surface area contributed by atoms with Crippen molar-refractivity contribution in [2.45, 2.75) is 29.8 Å². The second-order valence-electron chi connectivity index (χ2n) is 5.11. The Bertz CT molecular complexity index is 734. The first-order valence-electron chi connectivity index (χ1n) is 7.16. The fourth-order valence-corrected chi connectivity index (χ4v) is 3.95. The largest absolute Gasteiger partial charge is 0.325 e. The minimum absolute atomic E-state index is 0.150. The van der Waals surface area contributed by atoms with Gasteiger partial charge in [-0.3, -0.25) is 9.69 Å². The van der Waals surface area contributed by atoms with Gasteiger partial charge in [-0.2, -0.15) is 0 Å². The Labute approximate surface area is 142 Å². The highest BCUT2D eigenvalue weighted by Gasteiger charge is 2.51.